The Morgan fingerprint density at radius 3 is 2.42 bits per heavy atom. The molecule has 8 heteroatoms. The van der Waals surface area contributed by atoms with E-state index >= 15 is 0 Å². The van der Waals surface area contributed by atoms with Gasteiger partial charge in [-0.3, -0.25) is 9.59 Å². The van der Waals surface area contributed by atoms with Crippen molar-refractivity contribution in [3.05, 3.63) is 57.6 Å². The smallest absolute Gasteiger partial charge is 0.242 e. The molecule has 3 rings (SSSR count). The van der Waals surface area contributed by atoms with Gasteiger partial charge in [-0.25, -0.2) is 0 Å². The molecule has 2 amide bonds. The molecule has 2 aromatic carbocycles. The number of fused-ring (bicyclic) bond motifs is 1. The average Bonchev–Trinajstić information content (AvgIpc) is 2.83. The molecule has 1 heterocycles. The van der Waals surface area contributed by atoms with Gasteiger partial charge in [0.25, 0.3) is 0 Å². The van der Waals surface area contributed by atoms with Gasteiger partial charge < -0.3 is 19.7 Å². The fourth-order valence-corrected chi connectivity index (χ4v) is 4.08. The maximum absolute atomic E-state index is 13.4. The number of hydrogen-bond acceptors (Lipinski definition) is 4. The molecule has 2 aromatic rings. The van der Waals surface area contributed by atoms with Gasteiger partial charge in [-0.1, -0.05) is 49.2 Å². The van der Waals surface area contributed by atoms with E-state index < -0.39 is 6.04 Å². The summed E-state index contributed by atoms with van der Waals surface area (Å²) in [5, 5.41) is 3.79. The third-order valence-electron chi connectivity index (χ3n) is 5.51. The molecular weight excluding hydrogens is 463 g/mol. The van der Waals surface area contributed by atoms with Gasteiger partial charge in [-0.2, -0.15) is 0 Å². The molecule has 0 aromatic heterocycles. The molecule has 0 saturated carbocycles. The summed E-state index contributed by atoms with van der Waals surface area (Å²) >= 11 is 12.2. The lowest BCUT2D eigenvalue weighted by atomic mass is 10.1. The molecule has 1 aliphatic heterocycles. The van der Waals surface area contributed by atoms with Gasteiger partial charge in [-0.15, -0.1) is 0 Å². The zero-order valence-corrected chi connectivity index (χ0v) is 20.5. The Bertz CT molecular complexity index is 983. The zero-order valence-electron chi connectivity index (χ0n) is 19.0. The van der Waals surface area contributed by atoms with Gasteiger partial charge in [-0.05, 0) is 54.7 Å². The van der Waals surface area contributed by atoms with Crippen molar-refractivity contribution in [1.82, 2.24) is 10.2 Å². The van der Waals surface area contributed by atoms with Crippen LogP contribution >= 0.6 is 23.2 Å². The molecule has 0 spiro atoms. The van der Waals surface area contributed by atoms with E-state index in [9.17, 15) is 9.59 Å². The fourth-order valence-electron chi connectivity index (χ4n) is 3.76. The standard InChI is InChI=1S/C25H30Cl2N2O4/c1-3-11-28-25(31)21(4-2)29(16-18-5-8-19(26)20(27)14-18)24(30)10-7-17-6-9-22-23(15-17)33-13-12-32-22/h5-6,8-9,14-15,21H,3-4,7,10-13,16H2,1-2H3,(H,28,31). The molecule has 0 bridgehead atoms. The summed E-state index contributed by atoms with van der Waals surface area (Å²) in [5.74, 6) is 1.17. The SMILES string of the molecule is CCCNC(=O)C(CC)N(Cc1ccc(Cl)c(Cl)c1)C(=O)CCc1ccc2c(c1)OCCO2. The van der Waals surface area contributed by atoms with E-state index in [1.54, 1.807) is 17.0 Å². The van der Waals surface area contributed by atoms with E-state index in [-0.39, 0.29) is 24.8 Å². The average molecular weight is 493 g/mol. The lowest BCUT2D eigenvalue weighted by Crippen LogP contribution is -2.49. The summed E-state index contributed by atoms with van der Waals surface area (Å²) in [5.41, 5.74) is 1.80. The largest absolute Gasteiger partial charge is 0.486 e. The Balaban J connectivity index is 1.76. The van der Waals surface area contributed by atoms with Crippen molar-refractivity contribution in [2.75, 3.05) is 19.8 Å². The number of rotatable bonds is 10. The summed E-state index contributed by atoms with van der Waals surface area (Å²) in [7, 11) is 0. The monoisotopic (exact) mass is 492 g/mol. The molecule has 0 saturated heterocycles. The van der Waals surface area contributed by atoms with Crippen LogP contribution in [-0.2, 0) is 22.6 Å². The Labute approximate surface area is 205 Å². The summed E-state index contributed by atoms with van der Waals surface area (Å²) < 4.78 is 11.2. The van der Waals surface area contributed by atoms with Crippen LogP contribution in [0.2, 0.25) is 10.0 Å². The summed E-state index contributed by atoms with van der Waals surface area (Å²) in [6.07, 6.45) is 2.12. The van der Waals surface area contributed by atoms with Crippen LogP contribution < -0.4 is 14.8 Å². The second-order valence-electron chi connectivity index (χ2n) is 7.96. The number of nitrogens with one attached hydrogen (secondary N) is 1. The van der Waals surface area contributed by atoms with E-state index in [1.807, 2.05) is 38.1 Å². The number of benzene rings is 2. The highest BCUT2D eigenvalue weighted by Gasteiger charge is 2.28. The molecule has 1 N–H and O–H groups in total. The Kier molecular flexibility index (Phi) is 9.27. The van der Waals surface area contributed by atoms with E-state index in [2.05, 4.69) is 5.32 Å². The molecule has 0 radical (unpaired) electrons. The number of aryl methyl sites for hydroxylation is 1. The van der Waals surface area contributed by atoms with E-state index in [0.29, 0.717) is 48.4 Å². The number of hydrogen-bond donors (Lipinski definition) is 1. The van der Waals surface area contributed by atoms with Crippen molar-refractivity contribution in [1.29, 1.82) is 0 Å². The van der Waals surface area contributed by atoms with Crippen molar-refractivity contribution < 1.29 is 19.1 Å². The first-order valence-corrected chi connectivity index (χ1v) is 12.1. The molecule has 1 unspecified atom stereocenters. The minimum absolute atomic E-state index is 0.102. The van der Waals surface area contributed by atoms with Crippen LogP contribution in [0.25, 0.3) is 0 Å². The third kappa shape index (κ3) is 6.78. The molecule has 0 aliphatic carbocycles. The van der Waals surface area contributed by atoms with Crippen molar-refractivity contribution >= 4 is 35.0 Å². The first kappa shape index (κ1) is 25.2. The number of carbonyl (C=O) groups excluding carboxylic acids is 2. The van der Waals surface area contributed by atoms with Crippen molar-refractivity contribution in [2.24, 2.45) is 0 Å². The highest BCUT2D eigenvalue weighted by Crippen LogP contribution is 2.31. The van der Waals surface area contributed by atoms with Gasteiger partial charge in [0.1, 0.15) is 19.3 Å². The normalized spacial score (nSPS) is 13.3. The molecule has 178 valence electrons. The molecular formula is C25H30Cl2N2O4. The maximum atomic E-state index is 13.4. The Morgan fingerprint density at radius 1 is 1.00 bits per heavy atom. The van der Waals surface area contributed by atoms with Gasteiger partial charge >= 0.3 is 0 Å². The van der Waals surface area contributed by atoms with Gasteiger partial charge in [0.15, 0.2) is 11.5 Å². The number of amides is 2. The number of ether oxygens (including phenoxy) is 2. The van der Waals surface area contributed by atoms with E-state index in [0.717, 1.165) is 23.3 Å². The molecule has 0 fully saturated rings. The minimum Gasteiger partial charge on any atom is -0.486 e. The second-order valence-corrected chi connectivity index (χ2v) is 8.78. The first-order valence-electron chi connectivity index (χ1n) is 11.3. The van der Waals surface area contributed by atoms with Crippen LogP contribution in [0.15, 0.2) is 36.4 Å². The summed E-state index contributed by atoms with van der Waals surface area (Å²) in [4.78, 5) is 27.9. The fraction of sp³-hybridized carbons (Fsp3) is 0.440. The number of halogens is 2. The molecule has 1 atom stereocenters. The van der Waals surface area contributed by atoms with E-state index in [1.165, 1.54) is 0 Å². The van der Waals surface area contributed by atoms with Crippen LogP contribution in [0.1, 0.15) is 44.2 Å². The Hall–Kier alpha value is -2.44. The predicted octanol–water partition coefficient (Wildman–Crippen LogP) is 5.03. The quantitative estimate of drug-likeness (QED) is 0.504. The minimum atomic E-state index is -0.571. The second kappa shape index (κ2) is 12.1. The van der Waals surface area contributed by atoms with Crippen molar-refractivity contribution in [3.63, 3.8) is 0 Å². The van der Waals surface area contributed by atoms with Crippen molar-refractivity contribution in [3.8, 4) is 11.5 Å². The number of carbonyl (C=O) groups is 2. The van der Waals surface area contributed by atoms with Crippen LogP contribution in [0, 0.1) is 0 Å². The summed E-state index contributed by atoms with van der Waals surface area (Å²) in [6, 6.07) is 10.4. The first-order chi connectivity index (χ1) is 15.9. The lowest BCUT2D eigenvalue weighted by Gasteiger charge is -2.31. The molecule has 6 nitrogen and oxygen atoms in total. The lowest BCUT2D eigenvalue weighted by molar-refractivity contribution is -0.141. The third-order valence-corrected chi connectivity index (χ3v) is 6.25. The zero-order chi connectivity index (χ0) is 23.8. The topological polar surface area (TPSA) is 67.9 Å². The maximum Gasteiger partial charge on any atom is 0.242 e. The van der Waals surface area contributed by atoms with Gasteiger partial charge in [0.2, 0.25) is 11.8 Å². The highest BCUT2D eigenvalue weighted by molar-refractivity contribution is 6.42. The summed E-state index contributed by atoms with van der Waals surface area (Å²) in [6.45, 7) is 5.79. The molecule has 1 aliphatic rings. The van der Waals surface area contributed by atoms with Gasteiger partial charge in [0, 0.05) is 19.5 Å². The van der Waals surface area contributed by atoms with Gasteiger partial charge in [0.05, 0.1) is 10.0 Å². The van der Waals surface area contributed by atoms with E-state index in [4.69, 9.17) is 32.7 Å². The van der Waals surface area contributed by atoms with Crippen LogP contribution in [0.3, 0.4) is 0 Å². The Morgan fingerprint density at radius 2 is 1.73 bits per heavy atom. The van der Waals surface area contributed by atoms with Crippen LogP contribution in [0.5, 0.6) is 11.5 Å². The molecule has 33 heavy (non-hydrogen) atoms. The van der Waals surface area contributed by atoms with Crippen LogP contribution in [0.4, 0.5) is 0 Å². The van der Waals surface area contributed by atoms with Crippen molar-refractivity contribution in [2.45, 2.75) is 52.1 Å². The number of nitrogens with zero attached hydrogens (tertiary/aromatic N) is 1. The predicted molar refractivity (Wildman–Crippen MR) is 130 cm³/mol. The van der Waals surface area contributed by atoms with Crippen LogP contribution in [-0.4, -0.2) is 42.5 Å². The highest BCUT2D eigenvalue weighted by atomic mass is 35.5.